The van der Waals surface area contributed by atoms with Crippen LogP contribution in [-0.4, -0.2) is 18.7 Å². The Morgan fingerprint density at radius 1 is 1.19 bits per heavy atom. The first-order chi connectivity index (χ1) is 10.2. The number of benzene rings is 2. The van der Waals surface area contributed by atoms with Crippen LogP contribution >= 0.6 is 11.6 Å². The van der Waals surface area contributed by atoms with Gasteiger partial charge in [-0.25, -0.2) is 5.43 Å². The number of carbonyl (C=O) groups is 1. The van der Waals surface area contributed by atoms with E-state index in [-0.39, 0.29) is 12.5 Å². The van der Waals surface area contributed by atoms with Gasteiger partial charge in [-0.05, 0) is 30.2 Å². The van der Waals surface area contributed by atoms with Crippen molar-refractivity contribution in [2.24, 2.45) is 5.10 Å². The largest absolute Gasteiger partial charge is 0.376 e. The molecule has 2 rings (SSSR count). The van der Waals surface area contributed by atoms with Crippen molar-refractivity contribution in [3.05, 3.63) is 64.7 Å². The summed E-state index contributed by atoms with van der Waals surface area (Å²) in [5, 5.41) is 7.60. The lowest BCUT2D eigenvalue weighted by Crippen LogP contribution is -2.26. The Bertz CT molecular complexity index is 641. The lowest BCUT2D eigenvalue weighted by atomic mass is 10.2. The number of anilines is 1. The van der Waals surface area contributed by atoms with Gasteiger partial charge in [0, 0.05) is 10.7 Å². The Kier molecular flexibility index (Phi) is 5.35. The van der Waals surface area contributed by atoms with E-state index < -0.39 is 0 Å². The van der Waals surface area contributed by atoms with Gasteiger partial charge in [-0.1, -0.05) is 48.0 Å². The second-order valence-corrected chi connectivity index (χ2v) is 4.88. The standard InChI is InChI=1S/C16H16ClN3O/c1-12-14(17)8-5-9-15(12)18-11-16(21)20-19-10-13-6-3-2-4-7-13/h2-10,18H,11H2,1H3,(H,20,21)/b19-10-. The number of carbonyl (C=O) groups excluding carboxylic acids is 1. The van der Waals surface area contributed by atoms with Crippen molar-refractivity contribution in [3.63, 3.8) is 0 Å². The highest BCUT2D eigenvalue weighted by Crippen LogP contribution is 2.22. The molecule has 0 bridgehead atoms. The second kappa shape index (κ2) is 7.45. The SMILES string of the molecule is Cc1c(Cl)cccc1NCC(=O)N/N=C\c1ccccc1. The van der Waals surface area contributed by atoms with Crippen molar-refractivity contribution in [3.8, 4) is 0 Å². The van der Waals surface area contributed by atoms with E-state index in [0.717, 1.165) is 16.8 Å². The highest BCUT2D eigenvalue weighted by atomic mass is 35.5. The quantitative estimate of drug-likeness (QED) is 0.658. The van der Waals surface area contributed by atoms with Crippen molar-refractivity contribution in [2.45, 2.75) is 6.92 Å². The summed E-state index contributed by atoms with van der Waals surface area (Å²) in [7, 11) is 0. The molecule has 2 N–H and O–H groups in total. The molecule has 0 spiro atoms. The molecule has 0 atom stereocenters. The van der Waals surface area contributed by atoms with Crippen LogP contribution in [0.4, 0.5) is 5.69 Å². The number of hydrogen-bond acceptors (Lipinski definition) is 3. The summed E-state index contributed by atoms with van der Waals surface area (Å²) in [5.74, 6) is -0.221. The molecule has 0 aliphatic rings. The van der Waals surface area contributed by atoms with Crippen molar-refractivity contribution in [2.75, 3.05) is 11.9 Å². The van der Waals surface area contributed by atoms with Crippen LogP contribution in [0.2, 0.25) is 5.02 Å². The third kappa shape index (κ3) is 4.61. The van der Waals surface area contributed by atoms with Crippen molar-refractivity contribution in [1.29, 1.82) is 0 Å². The summed E-state index contributed by atoms with van der Waals surface area (Å²) in [6, 6.07) is 15.1. The third-order valence-electron chi connectivity index (χ3n) is 2.91. The van der Waals surface area contributed by atoms with Crippen LogP contribution in [0.25, 0.3) is 0 Å². The highest BCUT2D eigenvalue weighted by Gasteiger charge is 2.03. The number of hydrazone groups is 1. The van der Waals surface area contributed by atoms with Gasteiger partial charge >= 0.3 is 0 Å². The van der Waals surface area contributed by atoms with E-state index in [0.29, 0.717) is 5.02 Å². The Balaban J connectivity index is 1.83. The Labute approximate surface area is 128 Å². The molecule has 0 aliphatic heterocycles. The minimum Gasteiger partial charge on any atom is -0.376 e. The summed E-state index contributed by atoms with van der Waals surface area (Å²) in [5.41, 5.74) is 5.15. The van der Waals surface area contributed by atoms with Gasteiger partial charge in [-0.15, -0.1) is 0 Å². The fourth-order valence-corrected chi connectivity index (χ4v) is 1.91. The van der Waals surface area contributed by atoms with Crippen LogP contribution in [0.3, 0.4) is 0 Å². The minimum absolute atomic E-state index is 0.132. The van der Waals surface area contributed by atoms with E-state index in [4.69, 9.17) is 11.6 Å². The molecule has 0 aromatic heterocycles. The van der Waals surface area contributed by atoms with E-state index in [2.05, 4.69) is 15.8 Å². The first-order valence-corrected chi connectivity index (χ1v) is 6.90. The smallest absolute Gasteiger partial charge is 0.259 e. The Morgan fingerprint density at radius 3 is 2.71 bits per heavy atom. The monoisotopic (exact) mass is 301 g/mol. The molecule has 0 aliphatic carbocycles. The molecule has 0 fully saturated rings. The van der Waals surface area contributed by atoms with E-state index in [9.17, 15) is 4.79 Å². The van der Waals surface area contributed by atoms with Crippen LogP contribution in [0, 0.1) is 6.92 Å². The molecule has 0 heterocycles. The van der Waals surface area contributed by atoms with Crippen LogP contribution in [0.1, 0.15) is 11.1 Å². The molecule has 108 valence electrons. The van der Waals surface area contributed by atoms with Crippen LogP contribution in [0.5, 0.6) is 0 Å². The molecule has 0 saturated heterocycles. The number of rotatable bonds is 5. The molecule has 4 nitrogen and oxygen atoms in total. The fourth-order valence-electron chi connectivity index (χ4n) is 1.73. The zero-order chi connectivity index (χ0) is 15.1. The maximum absolute atomic E-state index is 11.7. The molecule has 21 heavy (non-hydrogen) atoms. The highest BCUT2D eigenvalue weighted by molar-refractivity contribution is 6.31. The van der Waals surface area contributed by atoms with Crippen molar-refractivity contribution < 1.29 is 4.79 Å². The van der Waals surface area contributed by atoms with Crippen LogP contribution in [-0.2, 0) is 4.79 Å². The Morgan fingerprint density at radius 2 is 1.95 bits per heavy atom. The van der Waals surface area contributed by atoms with Gasteiger partial charge in [0.25, 0.3) is 5.91 Å². The van der Waals surface area contributed by atoms with E-state index >= 15 is 0 Å². The molecular weight excluding hydrogens is 286 g/mol. The lowest BCUT2D eigenvalue weighted by Gasteiger charge is -2.09. The van der Waals surface area contributed by atoms with Gasteiger partial charge in [0.05, 0.1) is 12.8 Å². The van der Waals surface area contributed by atoms with Gasteiger partial charge in [-0.3, -0.25) is 4.79 Å². The van der Waals surface area contributed by atoms with Crippen molar-refractivity contribution in [1.82, 2.24) is 5.43 Å². The first kappa shape index (κ1) is 15.1. The van der Waals surface area contributed by atoms with Gasteiger partial charge in [0.15, 0.2) is 0 Å². The summed E-state index contributed by atoms with van der Waals surface area (Å²) < 4.78 is 0. The average Bonchev–Trinajstić information content (AvgIpc) is 2.50. The summed E-state index contributed by atoms with van der Waals surface area (Å²) >= 11 is 6.02. The molecule has 0 radical (unpaired) electrons. The van der Waals surface area contributed by atoms with E-state index in [1.165, 1.54) is 0 Å². The van der Waals surface area contributed by atoms with Gasteiger partial charge < -0.3 is 5.32 Å². The number of nitrogens with zero attached hydrogens (tertiary/aromatic N) is 1. The lowest BCUT2D eigenvalue weighted by molar-refractivity contribution is -0.119. The molecule has 1 amide bonds. The minimum atomic E-state index is -0.221. The Hall–Kier alpha value is -2.33. The average molecular weight is 302 g/mol. The molecule has 0 saturated carbocycles. The molecule has 2 aromatic carbocycles. The van der Waals surface area contributed by atoms with Crippen molar-refractivity contribution >= 4 is 29.4 Å². The van der Waals surface area contributed by atoms with E-state index in [1.807, 2.05) is 55.5 Å². The zero-order valence-electron chi connectivity index (χ0n) is 11.6. The topological polar surface area (TPSA) is 53.5 Å². The molecule has 2 aromatic rings. The predicted octanol–water partition coefficient (Wildman–Crippen LogP) is 3.21. The summed E-state index contributed by atoms with van der Waals surface area (Å²) in [4.78, 5) is 11.7. The van der Waals surface area contributed by atoms with Gasteiger partial charge in [0.2, 0.25) is 0 Å². The maximum atomic E-state index is 11.7. The first-order valence-electron chi connectivity index (χ1n) is 6.53. The summed E-state index contributed by atoms with van der Waals surface area (Å²) in [6.07, 6.45) is 1.60. The molecule has 0 unspecified atom stereocenters. The maximum Gasteiger partial charge on any atom is 0.259 e. The number of halogens is 1. The fraction of sp³-hybridized carbons (Fsp3) is 0.125. The number of nitrogens with one attached hydrogen (secondary N) is 2. The number of hydrogen-bond donors (Lipinski definition) is 2. The molecular formula is C16H16ClN3O. The summed E-state index contributed by atoms with van der Waals surface area (Å²) in [6.45, 7) is 2.03. The van der Waals surface area contributed by atoms with Crippen LogP contribution in [0.15, 0.2) is 53.6 Å². The van der Waals surface area contributed by atoms with Gasteiger partial charge in [0.1, 0.15) is 0 Å². The zero-order valence-corrected chi connectivity index (χ0v) is 12.4. The third-order valence-corrected chi connectivity index (χ3v) is 3.32. The second-order valence-electron chi connectivity index (χ2n) is 4.47. The normalized spacial score (nSPS) is 10.6. The molecule has 5 heteroatoms. The van der Waals surface area contributed by atoms with Gasteiger partial charge in [-0.2, -0.15) is 5.10 Å². The predicted molar refractivity (Wildman–Crippen MR) is 86.9 cm³/mol. The van der Waals surface area contributed by atoms with Crippen LogP contribution < -0.4 is 10.7 Å². The number of amides is 1. The van der Waals surface area contributed by atoms with E-state index in [1.54, 1.807) is 6.21 Å².